The average Bonchev–Trinajstić information content (AvgIpc) is 2.75. The summed E-state index contributed by atoms with van der Waals surface area (Å²) in [6, 6.07) is 12.3. The van der Waals surface area contributed by atoms with Crippen LogP contribution < -0.4 is 10.2 Å². The monoisotopic (exact) mass is 230 g/mol. The van der Waals surface area contributed by atoms with Crippen molar-refractivity contribution in [2.45, 2.75) is 13.5 Å². The van der Waals surface area contributed by atoms with Gasteiger partial charge in [0.15, 0.2) is 0 Å². The molecule has 0 saturated carbocycles. The van der Waals surface area contributed by atoms with Crippen LogP contribution in [0.4, 0.5) is 11.4 Å². The van der Waals surface area contributed by atoms with Crippen molar-refractivity contribution in [3.63, 3.8) is 0 Å². The first-order valence-corrected chi connectivity index (χ1v) is 5.73. The van der Waals surface area contributed by atoms with Crippen LogP contribution in [0.3, 0.4) is 0 Å². The number of hydrogen-bond donors (Lipinski definition) is 1. The maximum absolute atomic E-state index is 5.57. The summed E-state index contributed by atoms with van der Waals surface area (Å²) in [6.07, 6.45) is 0. The van der Waals surface area contributed by atoms with Crippen LogP contribution in [0.5, 0.6) is 0 Å². The standard InChI is InChI=1S/C14H18N2O/c1-11-4-9-14(17-11)10-16(3)13-7-5-12(15-2)6-8-13/h4-9,15H,10H2,1-3H3. The summed E-state index contributed by atoms with van der Waals surface area (Å²) in [5.41, 5.74) is 2.30. The summed E-state index contributed by atoms with van der Waals surface area (Å²) < 4.78 is 5.57. The molecule has 1 aromatic carbocycles. The van der Waals surface area contributed by atoms with E-state index in [1.54, 1.807) is 0 Å². The van der Waals surface area contributed by atoms with Gasteiger partial charge in [-0.2, -0.15) is 0 Å². The molecule has 3 heteroatoms. The van der Waals surface area contributed by atoms with Gasteiger partial charge < -0.3 is 14.6 Å². The zero-order chi connectivity index (χ0) is 12.3. The number of furan rings is 1. The molecule has 0 spiro atoms. The topological polar surface area (TPSA) is 28.4 Å². The van der Waals surface area contributed by atoms with Gasteiger partial charge in [0.2, 0.25) is 0 Å². The number of anilines is 2. The van der Waals surface area contributed by atoms with Crippen molar-refractivity contribution in [3.8, 4) is 0 Å². The van der Waals surface area contributed by atoms with Crippen LogP contribution in [0, 0.1) is 6.92 Å². The summed E-state index contributed by atoms with van der Waals surface area (Å²) in [6.45, 7) is 2.75. The highest BCUT2D eigenvalue weighted by Gasteiger charge is 2.04. The molecule has 0 atom stereocenters. The van der Waals surface area contributed by atoms with Crippen LogP contribution in [0.15, 0.2) is 40.8 Å². The molecule has 1 N–H and O–H groups in total. The molecular formula is C14H18N2O. The molecule has 0 fully saturated rings. The van der Waals surface area contributed by atoms with Crippen LogP contribution in [0.2, 0.25) is 0 Å². The van der Waals surface area contributed by atoms with E-state index in [1.165, 1.54) is 5.69 Å². The number of nitrogens with zero attached hydrogens (tertiary/aromatic N) is 1. The third kappa shape index (κ3) is 2.81. The van der Waals surface area contributed by atoms with Crippen molar-refractivity contribution < 1.29 is 4.42 Å². The fraction of sp³-hybridized carbons (Fsp3) is 0.286. The lowest BCUT2D eigenvalue weighted by atomic mass is 10.2. The van der Waals surface area contributed by atoms with Gasteiger partial charge in [0.1, 0.15) is 11.5 Å². The van der Waals surface area contributed by atoms with Crippen LogP contribution in [0.1, 0.15) is 11.5 Å². The van der Waals surface area contributed by atoms with Crippen molar-refractivity contribution in [3.05, 3.63) is 47.9 Å². The maximum atomic E-state index is 5.57. The van der Waals surface area contributed by atoms with Crippen molar-refractivity contribution in [1.29, 1.82) is 0 Å². The predicted octanol–water partition coefficient (Wildman–Crippen LogP) is 3.27. The first kappa shape index (κ1) is 11.6. The van der Waals surface area contributed by atoms with Crippen molar-refractivity contribution in [2.75, 3.05) is 24.3 Å². The summed E-state index contributed by atoms with van der Waals surface area (Å²) in [5, 5.41) is 3.11. The van der Waals surface area contributed by atoms with Gasteiger partial charge in [0, 0.05) is 25.5 Å². The van der Waals surface area contributed by atoms with Crippen molar-refractivity contribution in [1.82, 2.24) is 0 Å². The molecule has 3 nitrogen and oxygen atoms in total. The highest BCUT2D eigenvalue weighted by atomic mass is 16.3. The number of hydrogen-bond acceptors (Lipinski definition) is 3. The molecule has 1 aromatic heterocycles. The minimum Gasteiger partial charge on any atom is -0.464 e. The molecule has 1 heterocycles. The Hall–Kier alpha value is -1.90. The Morgan fingerprint density at radius 2 is 1.82 bits per heavy atom. The van der Waals surface area contributed by atoms with Gasteiger partial charge in [0.05, 0.1) is 6.54 Å². The van der Waals surface area contributed by atoms with Crippen molar-refractivity contribution in [2.24, 2.45) is 0 Å². The molecule has 0 aliphatic heterocycles. The highest BCUT2D eigenvalue weighted by molar-refractivity contribution is 5.54. The van der Waals surface area contributed by atoms with E-state index >= 15 is 0 Å². The second kappa shape index (κ2) is 4.95. The van der Waals surface area contributed by atoms with Gasteiger partial charge >= 0.3 is 0 Å². The van der Waals surface area contributed by atoms with Crippen LogP contribution >= 0.6 is 0 Å². The minimum atomic E-state index is 0.784. The minimum absolute atomic E-state index is 0.784. The molecule has 0 saturated heterocycles. The molecule has 0 aliphatic rings. The normalized spacial score (nSPS) is 10.3. The predicted molar refractivity (Wildman–Crippen MR) is 71.5 cm³/mol. The molecule has 0 unspecified atom stereocenters. The molecule has 0 bridgehead atoms. The summed E-state index contributed by atoms with van der Waals surface area (Å²) in [5.74, 6) is 1.95. The van der Waals surface area contributed by atoms with E-state index in [2.05, 4.69) is 41.5 Å². The second-order valence-corrected chi connectivity index (χ2v) is 4.17. The summed E-state index contributed by atoms with van der Waals surface area (Å²) in [4.78, 5) is 2.16. The Morgan fingerprint density at radius 1 is 1.12 bits per heavy atom. The first-order chi connectivity index (χ1) is 8.19. The largest absolute Gasteiger partial charge is 0.464 e. The highest BCUT2D eigenvalue weighted by Crippen LogP contribution is 2.19. The van der Waals surface area contributed by atoms with E-state index in [0.717, 1.165) is 23.8 Å². The second-order valence-electron chi connectivity index (χ2n) is 4.17. The average molecular weight is 230 g/mol. The molecule has 0 aliphatic carbocycles. The quantitative estimate of drug-likeness (QED) is 0.873. The Balaban J connectivity index is 2.06. The van der Waals surface area contributed by atoms with E-state index in [9.17, 15) is 0 Å². The SMILES string of the molecule is CNc1ccc(N(C)Cc2ccc(C)o2)cc1. The van der Waals surface area contributed by atoms with Gasteiger partial charge in [-0.05, 0) is 43.3 Å². The smallest absolute Gasteiger partial charge is 0.123 e. The fourth-order valence-electron chi connectivity index (χ4n) is 1.78. The molecular weight excluding hydrogens is 212 g/mol. The Kier molecular flexibility index (Phi) is 3.38. The molecule has 90 valence electrons. The lowest BCUT2D eigenvalue weighted by Crippen LogP contribution is -2.15. The van der Waals surface area contributed by atoms with Crippen LogP contribution in [0.25, 0.3) is 0 Å². The van der Waals surface area contributed by atoms with E-state index in [-0.39, 0.29) is 0 Å². The third-order valence-electron chi connectivity index (χ3n) is 2.79. The first-order valence-electron chi connectivity index (χ1n) is 5.73. The Labute approximate surface area is 102 Å². The number of aryl methyl sites for hydroxylation is 1. The van der Waals surface area contributed by atoms with Crippen LogP contribution in [-0.4, -0.2) is 14.1 Å². The zero-order valence-electron chi connectivity index (χ0n) is 10.5. The van der Waals surface area contributed by atoms with E-state index in [4.69, 9.17) is 4.42 Å². The van der Waals surface area contributed by atoms with E-state index < -0.39 is 0 Å². The third-order valence-corrected chi connectivity index (χ3v) is 2.79. The lowest BCUT2D eigenvalue weighted by Gasteiger charge is -2.18. The molecule has 17 heavy (non-hydrogen) atoms. The van der Waals surface area contributed by atoms with Gasteiger partial charge in [-0.25, -0.2) is 0 Å². The molecule has 0 radical (unpaired) electrons. The number of benzene rings is 1. The van der Waals surface area contributed by atoms with Gasteiger partial charge in [0.25, 0.3) is 0 Å². The summed E-state index contributed by atoms with van der Waals surface area (Å²) in [7, 11) is 3.98. The summed E-state index contributed by atoms with van der Waals surface area (Å²) >= 11 is 0. The van der Waals surface area contributed by atoms with Crippen LogP contribution in [-0.2, 0) is 6.54 Å². The van der Waals surface area contributed by atoms with Crippen molar-refractivity contribution >= 4 is 11.4 Å². The Bertz CT molecular complexity index is 473. The van der Waals surface area contributed by atoms with Gasteiger partial charge in [-0.3, -0.25) is 0 Å². The van der Waals surface area contributed by atoms with E-state index in [0.29, 0.717) is 0 Å². The molecule has 2 rings (SSSR count). The van der Waals surface area contributed by atoms with Gasteiger partial charge in [-0.1, -0.05) is 0 Å². The molecule has 0 amide bonds. The lowest BCUT2D eigenvalue weighted by molar-refractivity contribution is 0.482. The number of nitrogens with one attached hydrogen (secondary N) is 1. The zero-order valence-corrected chi connectivity index (χ0v) is 10.5. The number of rotatable bonds is 4. The fourth-order valence-corrected chi connectivity index (χ4v) is 1.78. The van der Waals surface area contributed by atoms with E-state index in [1.807, 2.05) is 26.1 Å². The molecule has 2 aromatic rings. The van der Waals surface area contributed by atoms with Gasteiger partial charge in [-0.15, -0.1) is 0 Å². The Morgan fingerprint density at radius 3 is 2.35 bits per heavy atom. The maximum Gasteiger partial charge on any atom is 0.123 e.